The first kappa shape index (κ1) is 28.5. The lowest BCUT2D eigenvalue weighted by Gasteiger charge is -2.05. The predicted molar refractivity (Wildman–Crippen MR) is 159 cm³/mol. The predicted octanol–water partition coefficient (Wildman–Crippen LogP) is 6.80. The SMILES string of the molecule is S=c1nc(SSc2nc(SSc3nc(=S)[nH]c(=S)[nH]3)nc(SSc3nc(=S)[nH]c(=S)[nH]3)n2)[nH]c(=S)[nH]1. The molecule has 0 unspecified atom stereocenters. The maximum absolute atomic E-state index is 5.11. The minimum absolute atomic E-state index is 0.273. The minimum atomic E-state index is 0.273. The second-order valence-corrected chi connectivity index (χ2v) is 14.2. The molecule has 0 saturated carbocycles. The highest BCUT2D eigenvalue weighted by Crippen LogP contribution is 2.40. The molecule has 24 heteroatoms. The molecule has 36 heavy (non-hydrogen) atoms. The van der Waals surface area contributed by atoms with Crippen molar-refractivity contribution in [3.63, 3.8) is 0 Å². The van der Waals surface area contributed by atoms with Crippen LogP contribution < -0.4 is 0 Å². The van der Waals surface area contributed by atoms with Gasteiger partial charge < -0.3 is 29.9 Å². The van der Waals surface area contributed by atoms with Gasteiger partial charge in [-0.25, -0.2) is 0 Å². The standard InChI is InChI=1S/C12H6N12S12/c25-1-13-2(26)17-7(16-1)31-34-10-22-11(35-32-8-18-3(27)14-4(28)19-8)24-12(23-10)36-33-9-20-5(29)15-6(30)21-9/h(H2,13,16,17,25,26)(H2,14,18,19,27,28)(H2,15,20,21,29,30). The number of rotatable bonds is 9. The van der Waals surface area contributed by atoms with Crippen molar-refractivity contribution in [1.29, 1.82) is 0 Å². The number of H-pyrrole nitrogens is 6. The average Bonchev–Trinajstić information content (AvgIpc) is 2.78. The van der Waals surface area contributed by atoms with Crippen molar-refractivity contribution in [3.8, 4) is 0 Å². The van der Waals surface area contributed by atoms with Crippen LogP contribution in [0.2, 0.25) is 0 Å². The van der Waals surface area contributed by atoms with E-state index in [1.165, 1.54) is 64.8 Å². The summed E-state index contributed by atoms with van der Waals surface area (Å²) in [6.45, 7) is 0. The Morgan fingerprint density at radius 2 is 0.639 bits per heavy atom. The third-order valence-electron chi connectivity index (χ3n) is 3.09. The van der Waals surface area contributed by atoms with Crippen LogP contribution in [0.5, 0.6) is 0 Å². The lowest BCUT2D eigenvalue weighted by molar-refractivity contribution is 0.723. The van der Waals surface area contributed by atoms with Crippen molar-refractivity contribution in [2.24, 2.45) is 0 Å². The van der Waals surface area contributed by atoms with Crippen molar-refractivity contribution in [1.82, 2.24) is 59.8 Å². The fourth-order valence-corrected chi connectivity index (χ4v) is 8.58. The third-order valence-corrected chi connectivity index (χ3v) is 10.1. The molecule has 6 N–H and O–H groups in total. The second-order valence-electron chi connectivity index (χ2n) is 5.59. The lowest BCUT2D eigenvalue weighted by atomic mass is 11.1. The van der Waals surface area contributed by atoms with E-state index in [-0.39, 0.29) is 14.3 Å². The van der Waals surface area contributed by atoms with Gasteiger partial charge in [-0.1, -0.05) is 0 Å². The Morgan fingerprint density at radius 3 is 0.889 bits per heavy atom. The molecule has 0 saturated heterocycles. The van der Waals surface area contributed by atoms with Crippen LogP contribution in [0.15, 0.2) is 30.9 Å². The van der Waals surface area contributed by atoms with Gasteiger partial charge in [-0.05, 0) is 138 Å². The Bertz CT molecular complexity index is 1450. The Labute approximate surface area is 254 Å². The molecule has 0 amide bonds. The molecule has 4 rings (SSSR count). The summed E-state index contributed by atoms with van der Waals surface area (Å²) in [5, 5.41) is 2.81. The summed E-state index contributed by atoms with van der Waals surface area (Å²) in [6, 6.07) is 0. The molecule has 12 nitrogen and oxygen atoms in total. The summed E-state index contributed by atoms with van der Waals surface area (Å²) in [5.41, 5.74) is 0. The molecule has 4 aromatic heterocycles. The van der Waals surface area contributed by atoms with Crippen LogP contribution in [0.25, 0.3) is 0 Å². The van der Waals surface area contributed by atoms with Gasteiger partial charge in [0.05, 0.1) is 0 Å². The third kappa shape index (κ3) is 9.04. The molecule has 0 bridgehead atoms. The van der Waals surface area contributed by atoms with Crippen LogP contribution in [-0.2, 0) is 0 Å². The van der Waals surface area contributed by atoms with E-state index >= 15 is 0 Å². The number of aromatic amines is 6. The van der Waals surface area contributed by atoms with E-state index in [0.29, 0.717) is 45.3 Å². The van der Waals surface area contributed by atoms with Crippen LogP contribution in [0.3, 0.4) is 0 Å². The van der Waals surface area contributed by atoms with Gasteiger partial charge in [0.2, 0.25) is 29.8 Å². The molecule has 0 radical (unpaired) electrons. The molecule has 0 fully saturated rings. The molecule has 0 aliphatic heterocycles. The van der Waals surface area contributed by atoms with Crippen molar-refractivity contribution >= 4 is 138 Å². The van der Waals surface area contributed by atoms with Crippen molar-refractivity contribution in [2.75, 3.05) is 0 Å². The molecule has 0 aliphatic carbocycles. The summed E-state index contributed by atoms with van der Waals surface area (Å²) in [5.74, 6) is 0. The first-order valence-electron chi connectivity index (χ1n) is 8.63. The first-order valence-corrected chi connectivity index (χ1v) is 17.5. The van der Waals surface area contributed by atoms with Gasteiger partial charge >= 0.3 is 0 Å². The normalized spacial score (nSPS) is 11.0. The maximum Gasteiger partial charge on any atom is 0.203 e. The zero-order valence-corrected chi connectivity index (χ0v) is 26.4. The quantitative estimate of drug-likeness (QED) is 0.0793. The molecule has 0 spiro atoms. The summed E-state index contributed by atoms with van der Waals surface area (Å²) >= 11 is 30.6. The highest BCUT2D eigenvalue weighted by Gasteiger charge is 2.13. The molecule has 4 aromatic rings. The molecule has 0 aromatic carbocycles. The number of nitrogens with zero attached hydrogens (tertiary/aromatic N) is 6. The van der Waals surface area contributed by atoms with E-state index in [0.717, 1.165) is 0 Å². The molecule has 0 atom stereocenters. The second kappa shape index (κ2) is 13.5. The number of hydrogen-bond acceptors (Lipinski definition) is 18. The monoisotopic (exact) mass is 702 g/mol. The van der Waals surface area contributed by atoms with Crippen molar-refractivity contribution in [3.05, 3.63) is 28.6 Å². The number of aromatic nitrogens is 12. The van der Waals surface area contributed by atoms with E-state index in [2.05, 4.69) is 59.8 Å². The smallest absolute Gasteiger partial charge is 0.203 e. The van der Waals surface area contributed by atoms with Gasteiger partial charge in [-0.3, -0.25) is 0 Å². The zero-order valence-electron chi connectivity index (χ0n) is 16.6. The van der Waals surface area contributed by atoms with Gasteiger partial charge in [-0.15, -0.1) is 0 Å². The summed E-state index contributed by atoms with van der Waals surface area (Å²) in [7, 11) is 7.58. The van der Waals surface area contributed by atoms with E-state index < -0.39 is 0 Å². The minimum Gasteiger partial charge on any atom is -0.311 e. The van der Waals surface area contributed by atoms with Crippen LogP contribution in [-0.4, -0.2) is 59.8 Å². The number of hydrogen-bond donors (Lipinski definition) is 6. The molecular formula is C12H6N12S12. The Balaban J connectivity index is 1.57. The van der Waals surface area contributed by atoms with Crippen LogP contribution in [0, 0.1) is 28.6 Å². The average molecular weight is 703 g/mol. The van der Waals surface area contributed by atoms with Gasteiger partial charge in [0.15, 0.2) is 29.8 Å². The molecular weight excluding hydrogens is 697 g/mol. The molecule has 4 heterocycles. The topological polar surface area (TPSA) is 172 Å². The van der Waals surface area contributed by atoms with Crippen LogP contribution in [0.4, 0.5) is 0 Å². The fraction of sp³-hybridized carbons (Fsp3) is 0. The lowest BCUT2D eigenvalue weighted by Crippen LogP contribution is -1.96. The highest BCUT2D eigenvalue weighted by atomic mass is 33.1. The fourth-order valence-electron chi connectivity index (χ4n) is 1.90. The Hall–Kier alpha value is -0.540. The van der Waals surface area contributed by atoms with E-state index in [9.17, 15) is 0 Å². The van der Waals surface area contributed by atoms with E-state index in [4.69, 9.17) is 73.3 Å². The van der Waals surface area contributed by atoms with Crippen LogP contribution in [0.1, 0.15) is 0 Å². The first-order chi connectivity index (χ1) is 17.2. The summed E-state index contributed by atoms with van der Waals surface area (Å²) in [4.78, 5) is 43.1. The van der Waals surface area contributed by atoms with Gasteiger partial charge in [-0.2, -0.15) is 29.9 Å². The highest BCUT2D eigenvalue weighted by molar-refractivity contribution is 8.77. The van der Waals surface area contributed by atoms with Gasteiger partial charge in [0, 0.05) is 0 Å². The summed E-state index contributed by atoms with van der Waals surface area (Å²) < 4.78 is 1.92. The molecule has 0 aliphatic rings. The zero-order chi connectivity index (χ0) is 25.7. The van der Waals surface area contributed by atoms with E-state index in [1.54, 1.807) is 0 Å². The summed E-state index contributed by atoms with van der Waals surface area (Å²) in [6.07, 6.45) is 0. The van der Waals surface area contributed by atoms with Crippen LogP contribution >= 0.6 is 138 Å². The Kier molecular flexibility index (Phi) is 10.7. The van der Waals surface area contributed by atoms with E-state index in [1.807, 2.05) is 0 Å². The maximum atomic E-state index is 5.11. The number of nitrogens with one attached hydrogen (secondary N) is 6. The van der Waals surface area contributed by atoms with Crippen molar-refractivity contribution < 1.29 is 0 Å². The van der Waals surface area contributed by atoms with Gasteiger partial charge in [0.25, 0.3) is 0 Å². The molecule has 186 valence electrons. The van der Waals surface area contributed by atoms with Gasteiger partial charge in [0.1, 0.15) is 0 Å². The largest absolute Gasteiger partial charge is 0.311 e. The van der Waals surface area contributed by atoms with Crippen molar-refractivity contribution in [2.45, 2.75) is 30.9 Å². The Morgan fingerprint density at radius 1 is 0.361 bits per heavy atom.